The summed E-state index contributed by atoms with van der Waals surface area (Å²) in [6.45, 7) is 16.0. The third-order valence-corrected chi connectivity index (χ3v) is 8.61. The van der Waals surface area contributed by atoms with Gasteiger partial charge in [0.05, 0.1) is 13.2 Å². The maximum atomic E-state index is 11.9. The maximum Gasteiger partial charge on any atom is 0.331 e. The Balaban J connectivity index is 5.10. The fraction of sp³-hybridized carbons (Fsp3) is 0.867. The zero-order valence-electron chi connectivity index (χ0n) is 14.9. The molecule has 0 heterocycles. The first-order valence-corrected chi connectivity index (χ1v) is 10.3. The zero-order valence-corrected chi connectivity index (χ0v) is 15.9. The predicted molar refractivity (Wildman–Crippen MR) is 86.5 cm³/mol. The van der Waals surface area contributed by atoms with Gasteiger partial charge >= 0.3 is 5.97 Å². The molecule has 0 bridgehead atoms. The van der Waals surface area contributed by atoms with Crippen molar-refractivity contribution >= 4 is 20.2 Å². The van der Waals surface area contributed by atoms with E-state index in [1.54, 1.807) is 13.8 Å². The van der Waals surface area contributed by atoms with E-state index in [0.717, 1.165) is 0 Å². The monoisotopic (exact) mass is 317 g/mol. The molecule has 124 valence electrons. The van der Waals surface area contributed by atoms with E-state index in [-0.39, 0.29) is 16.9 Å². The number of esters is 1. The Bertz CT molecular complexity index is 374. The van der Waals surface area contributed by atoms with Crippen LogP contribution >= 0.6 is 0 Å². The first-order valence-electron chi connectivity index (χ1n) is 7.39. The molecule has 0 aromatic carbocycles. The van der Waals surface area contributed by atoms with Crippen molar-refractivity contribution in [1.82, 2.24) is 5.32 Å². The normalized spacial score (nSPS) is 15.5. The van der Waals surface area contributed by atoms with E-state index in [9.17, 15) is 9.59 Å². The van der Waals surface area contributed by atoms with Gasteiger partial charge in [-0.2, -0.15) is 0 Å². The van der Waals surface area contributed by atoms with Gasteiger partial charge in [0.1, 0.15) is 0 Å². The molecular formula is C15H31NO4Si. The molecule has 1 N–H and O–H groups in total. The number of ether oxygens (including phenoxy) is 1. The minimum Gasteiger partial charge on any atom is -0.467 e. The van der Waals surface area contributed by atoms with Gasteiger partial charge in [0.25, 0.3) is 0 Å². The molecule has 1 amide bonds. The van der Waals surface area contributed by atoms with E-state index in [1.807, 2.05) is 6.92 Å². The second-order valence-electron chi connectivity index (χ2n) is 7.25. The molecule has 21 heavy (non-hydrogen) atoms. The second kappa shape index (κ2) is 7.40. The molecule has 0 aromatic heterocycles. The van der Waals surface area contributed by atoms with E-state index in [1.165, 1.54) is 7.11 Å². The van der Waals surface area contributed by atoms with Crippen LogP contribution in [0.2, 0.25) is 18.1 Å². The first-order chi connectivity index (χ1) is 9.33. The van der Waals surface area contributed by atoms with Gasteiger partial charge in [0.2, 0.25) is 5.91 Å². The maximum absolute atomic E-state index is 11.9. The summed E-state index contributed by atoms with van der Waals surface area (Å²) >= 11 is 0. The van der Waals surface area contributed by atoms with Gasteiger partial charge in [-0.15, -0.1) is 0 Å². The van der Waals surface area contributed by atoms with Crippen molar-refractivity contribution in [2.24, 2.45) is 5.92 Å². The van der Waals surface area contributed by atoms with E-state index < -0.39 is 26.4 Å². The van der Waals surface area contributed by atoms with Crippen LogP contribution in [0.3, 0.4) is 0 Å². The summed E-state index contributed by atoms with van der Waals surface area (Å²) < 4.78 is 11.0. The molecule has 0 aliphatic carbocycles. The van der Waals surface area contributed by atoms with Crippen molar-refractivity contribution in [2.75, 3.05) is 7.11 Å². The fourth-order valence-corrected chi connectivity index (χ4v) is 2.94. The van der Waals surface area contributed by atoms with Crippen LogP contribution in [-0.4, -0.2) is 39.4 Å². The molecule has 0 fully saturated rings. The fourth-order valence-electron chi connectivity index (χ4n) is 1.52. The Morgan fingerprint density at radius 2 is 1.57 bits per heavy atom. The lowest BCUT2D eigenvalue weighted by Crippen LogP contribution is -2.54. The molecule has 6 heteroatoms. The lowest BCUT2D eigenvalue weighted by atomic mass is 10.1. The van der Waals surface area contributed by atoms with E-state index in [2.05, 4.69) is 39.2 Å². The molecule has 0 spiro atoms. The molecule has 0 radical (unpaired) electrons. The van der Waals surface area contributed by atoms with Gasteiger partial charge in [0, 0.05) is 5.92 Å². The van der Waals surface area contributed by atoms with Crippen molar-refractivity contribution in [2.45, 2.75) is 71.8 Å². The second-order valence-corrected chi connectivity index (χ2v) is 12.0. The molecule has 0 saturated heterocycles. The van der Waals surface area contributed by atoms with Crippen molar-refractivity contribution in [3.05, 3.63) is 0 Å². The predicted octanol–water partition coefficient (Wildman–Crippen LogP) is 2.71. The first kappa shape index (κ1) is 20.1. The number of hydrogen-bond acceptors (Lipinski definition) is 4. The molecule has 0 aliphatic heterocycles. The number of carbonyl (C=O) groups excluding carboxylic acids is 2. The van der Waals surface area contributed by atoms with Gasteiger partial charge in [-0.25, -0.2) is 4.79 Å². The van der Waals surface area contributed by atoms with E-state index in [4.69, 9.17) is 9.16 Å². The lowest BCUT2D eigenvalue weighted by molar-refractivity contribution is -0.148. The van der Waals surface area contributed by atoms with Crippen molar-refractivity contribution in [3.8, 4) is 0 Å². The van der Waals surface area contributed by atoms with E-state index >= 15 is 0 Å². The van der Waals surface area contributed by atoms with Crippen LogP contribution in [0, 0.1) is 5.92 Å². The molecule has 0 aliphatic rings. The number of nitrogens with one attached hydrogen (secondary N) is 1. The smallest absolute Gasteiger partial charge is 0.331 e. The average molecular weight is 318 g/mol. The highest BCUT2D eigenvalue weighted by atomic mass is 28.4. The minimum absolute atomic E-state index is 0.0317. The van der Waals surface area contributed by atoms with Crippen molar-refractivity contribution < 1.29 is 18.8 Å². The summed E-state index contributed by atoms with van der Waals surface area (Å²) in [6, 6.07) is -0.779. The Morgan fingerprint density at radius 3 is 1.90 bits per heavy atom. The number of carbonyl (C=O) groups is 2. The third kappa shape index (κ3) is 5.78. The van der Waals surface area contributed by atoms with Gasteiger partial charge < -0.3 is 14.5 Å². The molecule has 0 rings (SSSR count). The quantitative estimate of drug-likeness (QED) is 0.604. The van der Waals surface area contributed by atoms with Crippen LogP contribution in [0.5, 0.6) is 0 Å². The van der Waals surface area contributed by atoms with Crippen LogP contribution in [-0.2, 0) is 18.8 Å². The van der Waals surface area contributed by atoms with Crippen molar-refractivity contribution in [3.63, 3.8) is 0 Å². The highest BCUT2D eigenvalue weighted by Gasteiger charge is 2.41. The minimum atomic E-state index is -2.03. The molecule has 0 aromatic rings. The Kier molecular flexibility index (Phi) is 7.09. The highest BCUT2D eigenvalue weighted by Crippen LogP contribution is 2.37. The third-order valence-electron chi connectivity index (χ3n) is 4.03. The summed E-state index contributed by atoms with van der Waals surface area (Å²) in [5.41, 5.74) is 0. The number of amides is 1. The topological polar surface area (TPSA) is 64.6 Å². The van der Waals surface area contributed by atoms with Gasteiger partial charge in [0.15, 0.2) is 14.4 Å². The number of hydrogen-bond donors (Lipinski definition) is 1. The summed E-state index contributed by atoms with van der Waals surface area (Å²) in [5.74, 6) is -0.858. The average Bonchev–Trinajstić information content (AvgIpc) is 2.32. The molecule has 2 atom stereocenters. The summed E-state index contributed by atoms with van der Waals surface area (Å²) in [4.78, 5) is 23.8. The lowest BCUT2D eigenvalue weighted by Gasteiger charge is -2.40. The Morgan fingerprint density at radius 1 is 1.10 bits per heavy atom. The Hall–Kier alpha value is -0.883. The largest absolute Gasteiger partial charge is 0.467 e. The van der Waals surface area contributed by atoms with Crippen molar-refractivity contribution in [1.29, 1.82) is 0 Å². The highest BCUT2D eigenvalue weighted by molar-refractivity contribution is 6.74. The molecule has 5 nitrogen and oxygen atoms in total. The molecular weight excluding hydrogens is 286 g/mol. The van der Waals surface area contributed by atoms with Crippen LogP contribution in [0.1, 0.15) is 41.5 Å². The molecule has 2 unspecified atom stereocenters. The van der Waals surface area contributed by atoms with Gasteiger partial charge in [-0.3, -0.25) is 4.79 Å². The van der Waals surface area contributed by atoms with Gasteiger partial charge in [-0.05, 0) is 25.1 Å². The Labute approximate surface area is 129 Å². The number of methoxy groups -OCH3 is 1. The van der Waals surface area contributed by atoms with Crippen LogP contribution in [0.4, 0.5) is 0 Å². The van der Waals surface area contributed by atoms with Crippen LogP contribution in [0.15, 0.2) is 0 Å². The van der Waals surface area contributed by atoms with E-state index in [0.29, 0.717) is 0 Å². The SMILES string of the molecule is COC(=O)C(NC(=O)C(C)C)C(C)O[Si](C)(C)C(C)(C)C. The van der Waals surface area contributed by atoms with Gasteiger partial charge in [-0.1, -0.05) is 34.6 Å². The van der Waals surface area contributed by atoms with Crippen LogP contribution < -0.4 is 5.32 Å². The number of rotatable bonds is 6. The molecule has 0 saturated carbocycles. The zero-order chi connectivity index (χ0) is 17.0. The standard InChI is InChI=1S/C15H31NO4Si/c1-10(2)13(17)16-12(14(18)19-7)11(3)20-21(8,9)15(4,5)6/h10-12H,1-9H3,(H,16,17). The van der Waals surface area contributed by atoms with Crippen LogP contribution in [0.25, 0.3) is 0 Å². The summed E-state index contributed by atoms with van der Waals surface area (Å²) in [7, 11) is -0.711. The summed E-state index contributed by atoms with van der Waals surface area (Å²) in [6.07, 6.45) is -0.430. The summed E-state index contributed by atoms with van der Waals surface area (Å²) in [5, 5.41) is 2.76.